The Hall–Kier alpha value is -1.23. The van der Waals surface area contributed by atoms with Crippen LogP contribution in [0, 0.1) is 17.8 Å². The van der Waals surface area contributed by atoms with Gasteiger partial charge in [-0.3, -0.25) is 0 Å². The Bertz CT molecular complexity index is 346. The number of carboxylic acid groups (broad SMARTS) is 2. The lowest BCUT2D eigenvalue weighted by Crippen LogP contribution is -2.31. The van der Waals surface area contributed by atoms with E-state index in [1.807, 2.05) is 6.92 Å². The lowest BCUT2D eigenvalue weighted by atomic mass is 9.75. The maximum Gasteiger partial charge on any atom is 0.503 e. The monoisotopic (exact) mass is 316 g/mol. The van der Waals surface area contributed by atoms with Crippen LogP contribution in [0.4, 0.5) is 4.79 Å². The van der Waals surface area contributed by atoms with E-state index in [1.54, 1.807) is 0 Å². The fourth-order valence-electron chi connectivity index (χ4n) is 3.03. The molecule has 3 atom stereocenters. The number of allylic oxidation sites excluding steroid dienone is 2. The third kappa shape index (κ3) is 8.93. The molecule has 5 heteroatoms. The first-order valence-electron chi connectivity index (χ1n) is 8.12. The van der Waals surface area contributed by atoms with E-state index >= 15 is 0 Å². The molecule has 0 bridgehead atoms. The second kappa shape index (κ2) is 10.5. The highest BCUT2D eigenvalue weighted by Crippen LogP contribution is 2.33. The molecule has 2 aliphatic rings. The molecule has 0 aromatic carbocycles. The third-order valence-corrected chi connectivity index (χ3v) is 4.45. The van der Waals surface area contributed by atoms with Gasteiger partial charge in [-0.15, -0.1) is 0 Å². The largest absolute Gasteiger partial charge is 0.512 e. The van der Waals surface area contributed by atoms with Crippen molar-refractivity contribution in [3.8, 4) is 0 Å². The average molecular weight is 316 g/mol. The number of rotatable bonds is 1. The molecule has 0 heterocycles. The van der Waals surface area contributed by atoms with Crippen molar-refractivity contribution in [3.05, 3.63) is 11.3 Å². The number of aliphatic hydroxyl groups is 2. The summed E-state index contributed by atoms with van der Waals surface area (Å²) >= 11 is 0. The fourth-order valence-corrected chi connectivity index (χ4v) is 3.03. The normalized spacial score (nSPS) is 27.6. The summed E-state index contributed by atoms with van der Waals surface area (Å²) in [5.74, 6) is 2.57. The molecule has 0 amide bonds. The number of aliphatic hydroxyl groups excluding tert-OH is 2. The van der Waals surface area contributed by atoms with E-state index in [2.05, 4.69) is 20.8 Å². The molecule has 130 valence electrons. The Labute approximate surface area is 133 Å². The summed E-state index contributed by atoms with van der Waals surface area (Å²) in [6.45, 7) is 8.65. The van der Waals surface area contributed by atoms with E-state index in [1.165, 1.54) is 18.4 Å². The Balaban J connectivity index is 0.000000343. The predicted octanol–water partition coefficient (Wildman–Crippen LogP) is 4.66. The molecular weight excluding hydrogens is 284 g/mol. The number of hydrogen-bond donors (Lipinski definition) is 4. The predicted molar refractivity (Wildman–Crippen MR) is 87.2 cm³/mol. The quantitative estimate of drug-likeness (QED) is 0.564. The Morgan fingerprint density at radius 1 is 1.18 bits per heavy atom. The average Bonchev–Trinajstić information content (AvgIpc) is 2.73. The SMILES string of the molecule is CC1=C(O)CCC1.CC1CCC(C(C)C)C(O)C1.O=C(O)O. The van der Waals surface area contributed by atoms with Crippen molar-refractivity contribution in [2.24, 2.45) is 17.8 Å². The molecule has 22 heavy (non-hydrogen) atoms. The van der Waals surface area contributed by atoms with Crippen LogP contribution < -0.4 is 0 Å². The minimum atomic E-state index is -1.83. The highest BCUT2D eigenvalue weighted by Gasteiger charge is 2.28. The molecule has 0 radical (unpaired) electrons. The first kappa shape index (κ1) is 20.8. The van der Waals surface area contributed by atoms with Crippen LogP contribution in [-0.4, -0.2) is 32.7 Å². The summed E-state index contributed by atoms with van der Waals surface area (Å²) in [6.07, 6.45) is 4.84. The highest BCUT2D eigenvalue weighted by molar-refractivity contribution is 5.53. The van der Waals surface area contributed by atoms with Crippen molar-refractivity contribution in [2.45, 2.75) is 72.3 Å². The topological polar surface area (TPSA) is 98.0 Å². The molecule has 0 aromatic heterocycles. The van der Waals surface area contributed by atoms with Gasteiger partial charge in [0.1, 0.15) is 0 Å². The minimum absolute atomic E-state index is 0.0289. The van der Waals surface area contributed by atoms with Gasteiger partial charge in [-0.05, 0) is 55.9 Å². The fraction of sp³-hybridized carbons (Fsp3) is 0.824. The Morgan fingerprint density at radius 3 is 2.00 bits per heavy atom. The smallest absolute Gasteiger partial charge is 0.503 e. The number of hydrogen-bond acceptors (Lipinski definition) is 3. The van der Waals surface area contributed by atoms with Crippen LogP contribution in [0.3, 0.4) is 0 Å². The van der Waals surface area contributed by atoms with Gasteiger partial charge in [0, 0.05) is 6.42 Å². The zero-order chi connectivity index (χ0) is 17.3. The maximum absolute atomic E-state index is 9.71. The highest BCUT2D eigenvalue weighted by atomic mass is 16.6. The van der Waals surface area contributed by atoms with E-state index in [0.29, 0.717) is 17.6 Å². The van der Waals surface area contributed by atoms with Gasteiger partial charge < -0.3 is 20.4 Å². The van der Waals surface area contributed by atoms with Gasteiger partial charge in [-0.2, -0.15) is 0 Å². The molecule has 0 saturated heterocycles. The second-order valence-corrected chi connectivity index (χ2v) is 6.76. The van der Waals surface area contributed by atoms with Crippen molar-refractivity contribution in [2.75, 3.05) is 0 Å². The van der Waals surface area contributed by atoms with Gasteiger partial charge in [0.25, 0.3) is 0 Å². The van der Waals surface area contributed by atoms with Gasteiger partial charge in [0.15, 0.2) is 0 Å². The summed E-state index contributed by atoms with van der Waals surface area (Å²) in [6, 6.07) is 0. The van der Waals surface area contributed by atoms with Crippen LogP contribution in [0.15, 0.2) is 11.3 Å². The van der Waals surface area contributed by atoms with E-state index in [9.17, 15) is 5.11 Å². The zero-order valence-electron chi connectivity index (χ0n) is 14.2. The van der Waals surface area contributed by atoms with Crippen LogP contribution in [0.2, 0.25) is 0 Å². The van der Waals surface area contributed by atoms with Crippen LogP contribution in [0.25, 0.3) is 0 Å². The van der Waals surface area contributed by atoms with Crippen LogP contribution in [0.5, 0.6) is 0 Å². The van der Waals surface area contributed by atoms with Crippen LogP contribution in [-0.2, 0) is 0 Å². The molecule has 0 aliphatic heterocycles. The lowest BCUT2D eigenvalue weighted by Gasteiger charge is -2.33. The first-order valence-corrected chi connectivity index (χ1v) is 8.12. The molecule has 1 fully saturated rings. The van der Waals surface area contributed by atoms with Crippen molar-refractivity contribution in [1.82, 2.24) is 0 Å². The third-order valence-electron chi connectivity index (χ3n) is 4.45. The van der Waals surface area contributed by atoms with Crippen molar-refractivity contribution in [1.29, 1.82) is 0 Å². The molecule has 4 N–H and O–H groups in total. The van der Waals surface area contributed by atoms with E-state index in [-0.39, 0.29) is 6.10 Å². The Morgan fingerprint density at radius 2 is 1.73 bits per heavy atom. The van der Waals surface area contributed by atoms with E-state index in [0.717, 1.165) is 31.6 Å². The van der Waals surface area contributed by atoms with Gasteiger partial charge in [0.05, 0.1) is 11.9 Å². The van der Waals surface area contributed by atoms with Gasteiger partial charge in [0.2, 0.25) is 0 Å². The molecule has 5 nitrogen and oxygen atoms in total. The first-order chi connectivity index (χ1) is 10.1. The summed E-state index contributed by atoms with van der Waals surface area (Å²) in [4.78, 5) is 8.56. The summed E-state index contributed by atoms with van der Waals surface area (Å²) < 4.78 is 0. The second-order valence-electron chi connectivity index (χ2n) is 6.76. The molecule has 1 saturated carbocycles. The maximum atomic E-state index is 9.71. The summed E-state index contributed by atoms with van der Waals surface area (Å²) in [7, 11) is 0. The molecule has 0 aromatic rings. The van der Waals surface area contributed by atoms with Crippen molar-refractivity contribution < 1.29 is 25.2 Å². The zero-order valence-corrected chi connectivity index (χ0v) is 14.2. The molecule has 2 aliphatic carbocycles. The molecule has 2 rings (SSSR count). The Kier molecular flexibility index (Phi) is 9.90. The lowest BCUT2D eigenvalue weighted by molar-refractivity contribution is 0.0266. The number of carbonyl (C=O) groups is 1. The molecular formula is C17H32O5. The van der Waals surface area contributed by atoms with Crippen LogP contribution >= 0.6 is 0 Å². The summed E-state index contributed by atoms with van der Waals surface area (Å²) in [5.41, 5.74) is 1.18. The molecule has 0 spiro atoms. The van der Waals surface area contributed by atoms with E-state index < -0.39 is 6.16 Å². The van der Waals surface area contributed by atoms with Crippen LogP contribution in [0.1, 0.15) is 66.2 Å². The van der Waals surface area contributed by atoms with Gasteiger partial charge in [-0.1, -0.05) is 27.2 Å². The summed E-state index contributed by atoms with van der Waals surface area (Å²) in [5, 5.41) is 32.5. The van der Waals surface area contributed by atoms with E-state index in [4.69, 9.17) is 20.1 Å². The minimum Gasteiger partial charge on any atom is -0.512 e. The van der Waals surface area contributed by atoms with Gasteiger partial charge >= 0.3 is 6.16 Å². The van der Waals surface area contributed by atoms with Crippen molar-refractivity contribution >= 4 is 6.16 Å². The van der Waals surface area contributed by atoms with Gasteiger partial charge in [-0.25, -0.2) is 4.79 Å². The molecule has 3 unspecified atom stereocenters. The van der Waals surface area contributed by atoms with Crippen molar-refractivity contribution in [3.63, 3.8) is 0 Å². The standard InChI is InChI=1S/C10H20O.C6H10O.CH2O3/c1-7(2)9-5-4-8(3)6-10(9)11;1-5-3-2-4-6(5)7;2-1(3)4/h7-11H,4-6H2,1-3H3;7H,2-4H2,1H3;(H2,2,3,4).